The molecule has 0 fully saturated rings. The molecule has 1 aromatic carbocycles. The number of anilines is 1. The molecule has 0 unspecified atom stereocenters. The average Bonchev–Trinajstić information content (AvgIpc) is 3.05. The Morgan fingerprint density at radius 2 is 1.97 bits per heavy atom. The number of rotatable bonds is 5. The van der Waals surface area contributed by atoms with Gasteiger partial charge < -0.3 is 10.1 Å². The van der Waals surface area contributed by atoms with Crippen LogP contribution in [0.1, 0.15) is 41.3 Å². The van der Waals surface area contributed by atoms with Crippen LogP contribution in [0.3, 0.4) is 0 Å². The molecular formula is C21H17I2N3O2S. The normalized spacial score (nSPS) is 13.2. The number of ether oxygens (including phenoxy) is 1. The predicted octanol–water partition coefficient (Wildman–Crippen LogP) is 5.65. The fraction of sp³-hybridized carbons (Fsp3) is 0.286. The van der Waals surface area contributed by atoms with Crippen LogP contribution in [0.5, 0.6) is 5.75 Å². The van der Waals surface area contributed by atoms with Crippen molar-refractivity contribution in [1.29, 1.82) is 10.5 Å². The fourth-order valence-electron chi connectivity index (χ4n) is 3.20. The molecule has 3 rings (SSSR count). The molecule has 8 heteroatoms. The number of benzene rings is 1. The van der Waals surface area contributed by atoms with Gasteiger partial charge in [0.25, 0.3) is 5.91 Å². The third-order valence-corrected chi connectivity index (χ3v) is 7.31. The van der Waals surface area contributed by atoms with Gasteiger partial charge in [0.15, 0.2) is 0 Å². The molecule has 5 nitrogen and oxygen atoms in total. The van der Waals surface area contributed by atoms with Crippen LogP contribution >= 0.6 is 56.5 Å². The molecule has 0 bridgehead atoms. The first-order chi connectivity index (χ1) is 14.0. The van der Waals surface area contributed by atoms with Gasteiger partial charge in [-0.1, -0.05) is 0 Å². The van der Waals surface area contributed by atoms with Crippen LogP contribution in [0.15, 0.2) is 17.7 Å². The van der Waals surface area contributed by atoms with Crippen molar-refractivity contribution in [3.05, 3.63) is 46.4 Å². The highest BCUT2D eigenvalue weighted by atomic mass is 127. The first-order valence-corrected chi connectivity index (χ1v) is 12.1. The molecule has 1 aliphatic rings. The summed E-state index contributed by atoms with van der Waals surface area (Å²) >= 11 is 5.82. The number of aryl methyl sites for hydroxylation is 1. The van der Waals surface area contributed by atoms with Crippen LogP contribution in [0.4, 0.5) is 5.00 Å². The van der Waals surface area contributed by atoms with E-state index in [1.54, 1.807) is 6.08 Å². The zero-order valence-corrected chi connectivity index (χ0v) is 20.8. The second kappa shape index (κ2) is 9.92. The fourth-order valence-corrected chi connectivity index (χ4v) is 6.57. The van der Waals surface area contributed by atoms with E-state index in [0.717, 1.165) is 49.7 Å². The van der Waals surface area contributed by atoms with Crippen LogP contribution < -0.4 is 10.1 Å². The van der Waals surface area contributed by atoms with Crippen molar-refractivity contribution < 1.29 is 9.53 Å². The summed E-state index contributed by atoms with van der Waals surface area (Å²) in [5.74, 6) is 0.304. The van der Waals surface area contributed by atoms with E-state index in [4.69, 9.17) is 4.74 Å². The van der Waals surface area contributed by atoms with Crippen LogP contribution in [0.25, 0.3) is 6.08 Å². The number of hydrogen-bond acceptors (Lipinski definition) is 5. The van der Waals surface area contributed by atoms with Crippen molar-refractivity contribution in [3.8, 4) is 17.9 Å². The lowest BCUT2D eigenvalue weighted by Crippen LogP contribution is -2.13. The molecule has 0 saturated heterocycles. The highest BCUT2D eigenvalue weighted by Crippen LogP contribution is 2.38. The van der Waals surface area contributed by atoms with Gasteiger partial charge in [0, 0.05) is 4.88 Å². The summed E-state index contributed by atoms with van der Waals surface area (Å²) in [5, 5.41) is 22.4. The Bertz CT molecular complexity index is 1050. The number of amides is 1. The first-order valence-electron chi connectivity index (χ1n) is 9.08. The molecule has 0 atom stereocenters. The van der Waals surface area contributed by atoms with Crippen molar-refractivity contribution in [1.82, 2.24) is 0 Å². The lowest BCUT2D eigenvalue weighted by atomic mass is 9.96. The van der Waals surface area contributed by atoms with Crippen LogP contribution in [-0.4, -0.2) is 12.5 Å². The largest absolute Gasteiger partial charge is 0.492 e. The van der Waals surface area contributed by atoms with E-state index in [2.05, 4.69) is 56.6 Å². The van der Waals surface area contributed by atoms with Gasteiger partial charge in [0.2, 0.25) is 0 Å². The van der Waals surface area contributed by atoms with Crippen molar-refractivity contribution in [2.24, 2.45) is 0 Å². The van der Waals surface area contributed by atoms with Crippen molar-refractivity contribution in [2.45, 2.75) is 32.6 Å². The first kappa shape index (κ1) is 22.1. The third-order valence-electron chi connectivity index (χ3n) is 4.50. The maximum Gasteiger partial charge on any atom is 0.266 e. The molecule has 1 heterocycles. The van der Waals surface area contributed by atoms with E-state index in [1.807, 2.05) is 25.1 Å². The maximum atomic E-state index is 12.7. The summed E-state index contributed by atoms with van der Waals surface area (Å²) in [6, 6.07) is 7.97. The minimum Gasteiger partial charge on any atom is -0.492 e. The van der Waals surface area contributed by atoms with E-state index in [1.165, 1.54) is 16.2 Å². The number of carbonyl (C=O) groups is 1. The van der Waals surface area contributed by atoms with Gasteiger partial charge in [-0.25, -0.2) is 0 Å². The van der Waals surface area contributed by atoms with Gasteiger partial charge in [-0.3, -0.25) is 4.79 Å². The molecule has 0 spiro atoms. The highest BCUT2D eigenvalue weighted by molar-refractivity contribution is 14.1. The second-order valence-electron chi connectivity index (χ2n) is 6.40. The van der Waals surface area contributed by atoms with E-state index >= 15 is 0 Å². The maximum absolute atomic E-state index is 12.7. The van der Waals surface area contributed by atoms with E-state index in [-0.39, 0.29) is 5.57 Å². The summed E-state index contributed by atoms with van der Waals surface area (Å²) in [6.45, 7) is 2.50. The van der Waals surface area contributed by atoms with Crippen molar-refractivity contribution >= 4 is 73.5 Å². The number of carbonyl (C=O) groups excluding carboxylic acids is 1. The second-order valence-corrected chi connectivity index (χ2v) is 9.83. The topological polar surface area (TPSA) is 85.9 Å². The number of hydrogen-bond donors (Lipinski definition) is 1. The minimum atomic E-state index is -0.499. The third kappa shape index (κ3) is 4.93. The summed E-state index contributed by atoms with van der Waals surface area (Å²) in [7, 11) is 0. The monoisotopic (exact) mass is 629 g/mol. The quantitative estimate of drug-likeness (QED) is 0.263. The molecule has 0 saturated carbocycles. The Hall–Kier alpha value is -1.63. The van der Waals surface area contributed by atoms with E-state index < -0.39 is 5.91 Å². The average molecular weight is 629 g/mol. The van der Waals surface area contributed by atoms with E-state index in [0.29, 0.717) is 17.2 Å². The predicted molar refractivity (Wildman–Crippen MR) is 131 cm³/mol. The van der Waals surface area contributed by atoms with Crippen LogP contribution in [0.2, 0.25) is 0 Å². The SMILES string of the molecule is CCOc1c(I)cc(/C=C(\C#N)C(=O)Nc2sc3c(c2C#N)CCCC3)cc1I. The number of fused-ring (bicyclic) bond motifs is 1. The molecule has 0 aliphatic heterocycles. The molecule has 1 aliphatic carbocycles. The number of nitrogens with one attached hydrogen (secondary N) is 1. The van der Waals surface area contributed by atoms with Crippen molar-refractivity contribution in [2.75, 3.05) is 11.9 Å². The van der Waals surface area contributed by atoms with Gasteiger partial charge in [0.1, 0.15) is 28.5 Å². The van der Waals surface area contributed by atoms with Gasteiger partial charge in [0.05, 0.1) is 19.3 Å². The summed E-state index contributed by atoms with van der Waals surface area (Å²) in [6.07, 6.45) is 5.53. The standard InChI is InChI=1S/C21H17I2N3O2S/c1-2-28-19-16(22)8-12(9-17(19)23)7-13(10-24)20(27)26-21-15(11-25)14-5-3-4-6-18(14)29-21/h7-9H,2-6H2,1H3,(H,26,27)/b13-7+. The molecule has 148 valence electrons. The molecule has 2 aromatic rings. The highest BCUT2D eigenvalue weighted by Gasteiger charge is 2.22. The van der Waals surface area contributed by atoms with Crippen molar-refractivity contribution in [3.63, 3.8) is 0 Å². The number of halogens is 2. The number of nitrogens with zero attached hydrogens (tertiary/aromatic N) is 2. The molecule has 1 aromatic heterocycles. The molecule has 1 amide bonds. The van der Waals surface area contributed by atoms with E-state index in [9.17, 15) is 15.3 Å². The smallest absolute Gasteiger partial charge is 0.266 e. The zero-order valence-electron chi connectivity index (χ0n) is 15.6. The summed E-state index contributed by atoms with van der Waals surface area (Å²) in [4.78, 5) is 13.9. The Labute approximate surface area is 201 Å². The van der Waals surface area contributed by atoms with Gasteiger partial charge in [-0.2, -0.15) is 10.5 Å². The van der Waals surface area contributed by atoms with Gasteiger partial charge in [-0.15, -0.1) is 11.3 Å². The summed E-state index contributed by atoms with van der Waals surface area (Å²) in [5.41, 5.74) is 2.34. The molecule has 0 radical (unpaired) electrons. The Morgan fingerprint density at radius 3 is 2.59 bits per heavy atom. The molecule has 29 heavy (non-hydrogen) atoms. The Kier molecular flexibility index (Phi) is 7.55. The minimum absolute atomic E-state index is 0.00368. The van der Waals surface area contributed by atoms with Gasteiger partial charge in [-0.05, 0) is 107 Å². The Morgan fingerprint density at radius 1 is 1.28 bits per heavy atom. The number of thiophene rings is 1. The molecular weight excluding hydrogens is 612 g/mol. The Balaban J connectivity index is 1.88. The number of nitriles is 2. The van der Waals surface area contributed by atoms with Crippen LogP contribution in [0, 0.1) is 29.8 Å². The van der Waals surface area contributed by atoms with Gasteiger partial charge >= 0.3 is 0 Å². The lowest BCUT2D eigenvalue weighted by Gasteiger charge is -2.10. The zero-order chi connectivity index (χ0) is 21.0. The van der Waals surface area contributed by atoms with Crippen LogP contribution in [-0.2, 0) is 17.6 Å². The molecule has 1 N–H and O–H groups in total. The lowest BCUT2D eigenvalue weighted by molar-refractivity contribution is -0.112. The summed E-state index contributed by atoms with van der Waals surface area (Å²) < 4.78 is 7.47.